The molecule has 0 heterocycles. The maximum Gasteiger partial charge on any atom is 0.227 e. The van der Waals surface area contributed by atoms with Crippen LogP contribution in [-0.4, -0.2) is 11.7 Å². The predicted octanol–water partition coefficient (Wildman–Crippen LogP) is 2.44. The van der Waals surface area contributed by atoms with Crippen LogP contribution in [0.1, 0.15) is 18.9 Å². The summed E-state index contributed by atoms with van der Waals surface area (Å²) in [6, 6.07) is 14.1. The van der Waals surface area contributed by atoms with Gasteiger partial charge >= 0.3 is 0 Å². The second-order valence-corrected chi connectivity index (χ2v) is 4.34. The highest BCUT2D eigenvalue weighted by Crippen LogP contribution is 2.15. The number of carbonyl (C=O) groups excluding carboxylic acids is 2. The van der Waals surface area contributed by atoms with Crippen LogP contribution in [0, 0.1) is 0 Å². The molecule has 0 spiro atoms. The zero-order valence-corrected chi connectivity index (χ0v) is 10.3. The van der Waals surface area contributed by atoms with Gasteiger partial charge in [0.25, 0.3) is 0 Å². The van der Waals surface area contributed by atoms with Gasteiger partial charge in [0.05, 0.1) is 6.42 Å². The Morgan fingerprint density at radius 1 is 1.06 bits per heavy atom. The van der Waals surface area contributed by atoms with Crippen molar-refractivity contribution in [1.29, 1.82) is 0 Å². The minimum Gasteiger partial charge on any atom is -0.352 e. The van der Waals surface area contributed by atoms with Gasteiger partial charge in [0.1, 0.15) is 5.78 Å². The summed E-state index contributed by atoms with van der Waals surface area (Å²) >= 11 is 0. The Kier molecular flexibility index (Phi) is 3.72. The number of amides is 1. The van der Waals surface area contributed by atoms with Crippen LogP contribution in [0.5, 0.6) is 0 Å². The van der Waals surface area contributed by atoms with Gasteiger partial charge in [-0.1, -0.05) is 36.4 Å². The van der Waals surface area contributed by atoms with Crippen molar-refractivity contribution >= 4 is 22.5 Å². The zero-order chi connectivity index (χ0) is 13.0. The summed E-state index contributed by atoms with van der Waals surface area (Å²) in [7, 11) is 0. The SMILES string of the molecule is CC(=O)CC(=O)NCc1ccc2ccccc2c1. The van der Waals surface area contributed by atoms with E-state index in [2.05, 4.69) is 5.32 Å². The lowest BCUT2D eigenvalue weighted by Gasteiger charge is -2.05. The first-order valence-corrected chi connectivity index (χ1v) is 5.89. The van der Waals surface area contributed by atoms with Crippen LogP contribution >= 0.6 is 0 Å². The molecule has 0 radical (unpaired) electrons. The minimum atomic E-state index is -0.226. The molecule has 92 valence electrons. The first kappa shape index (κ1) is 12.3. The summed E-state index contributed by atoms with van der Waals surface area (Å²) in [4.78, 5) is 22.1. The van der Waals surface area contributed by atoms with Crippen LogP contribution in [0.4, 0.5) is 0 Å². The molecule has 0 aliphatic rings. The molecule has 0 aromatic heterocycles. The molecule has 18 heavy (non-hydrogen) atoms. The minimum absolute atomic E-state index is 0.0480. The van der Waals surface area contributed by atoms with Gasteiger partial charge in [-0.3, -0.25) is 9.59 Å². The molecule has 0 unspecified atom stereocenters. The highest BCUT2D eigenvalue weighted by Gasteiger charge is 2.04. The van der Waals surface area contributed by atoms with Crippen LogP contribution < -0.4 is 5.32 Å². The first-order valence-electron chi connectivity index (χ1n) is 5.89. The molecule has 0 fully saturated rings. The van der Waals surface area contributed by atoms with Gasteiger partial charge in [0, 0.05) is 6.54 Å². The third kappa shape index (κ3) is 3.17. The molecule has 2 aromatic carbocycles. The maximum absolute atomic E-state index is 11.4. The molecular weight excluding hydrogens is 226 g/mol. The number of rotatable bonds is 4. The van der Waals surface area contributed by atoms with Crippen LogP contribution in [0.15, 0.2) is 42.5 Å². The Balaban J connectivity index is 2.04. The fraction of sp³-hybridized carbons (Fsp3) is 0.200. The van der Waals surface area contributed by atoms with E-state index in [1.54, 1.807) is 0 Å². The standard InChI is InChI=1S/C15H15NO2/c1-11(17)8-15(18)16-10-12-6-7-13-4-2-3-5-14(13)9-12/h2-7,9H,8,10H2,1H3,(H,16,18). The van der Waals surface area contributed by atoms with Gasteiger partial charge in [-0.15, -0.1) is 0 Å². The van der Waals surface area contributed by atoms with Gasteiger partial charge in [-0.05, 0) is 29.3 Å². The van der Waals surface area contributed by atoms with Crippen molar-refractivity contribution in [3.05, 3.63) is 48.0 Å². The quantitative estimate of drug-likeness (QED) is 0.836. The van der Waals surface area contributed by atoms with E-state index >= 15 is 0 Å². The van der Waals surface area contributed by atoms with E-state index in [0.717, 1.165) is 10.9 Å². The molecule has 0 aliphatic heterocycles. The molecule has 1 N–H and O–H groups in total. The highest BCUT2D eigenvalue weighted by atomic mass is 16.2. The number of carbonyl (C=O) groups is 2. The molecule has 3 heteroatoms. The summed E-state index contributed by atoms with van der Waals surface area (Å²) in [6.07, 6.45) is -0.0480. The highest BCUT2D eigenvalue weighted by molar-refractivity contribution is 5.96. The molecule has 0 bridgehead atoms. The van der Waals surface area contributed by atoms with Gasteiger partial charge in [-0.25, -0.2) is 0 Å². The van der Waals surface area contributed by atoms with Crippen molar-refractivity contribution in [2.24, 2.45) is 0 Å². The second kappa shape index (κ2) is 5.45. The lowest BCUT2D eigenvalue weighted by Crippen LogP contribution is -2.24. The van der Waals surface area contributed by atoms with E-state index in [-0.39, 0.29) is 18.1 Å². The molecule has 2 rings (SSSR count). The molecule has 0 saturated carbocycles. The normalized spacial score (nSPS) is 10.3. The molecule has 3 nitrogen and oxygen atoms in total. The van der Waals surface area contributed by atoms with E-state index in [1.165, 1.54) is 12.3 Å². The third-order valence-corrected chi connectivity index (χ3v) is 2.71. The average Bonchev–Trinajstić information content (AvgIpc) is 2.35. The van der Waals surface area contributed by atoms with Crippen molar-refractivity contribution in [3.8, 4) is 0 Å². The van der Waals surface area contributed by atoms with Gasteiger partial charge in [0.2, 0.25) is 5.91 Å². The van der Waals surface area contributed by atoms with E-state index in [0.29, 0.717) is 6.54 Å². The number of fused-ring (bicyclic) bond motifs is 1. The smallest absolute Gasteiger partial charge is 0.227 e. The lowest BCUT2D eigenvalue weighted by molar-refractivity contribution is -0.127. The molecule has 1 amide bonds. The topological polar surface area (TPSA) is 46.2 Å². The number of nitrogens with one attached hydrogen (secondary N) is 1. The zero-order valence-electron chi connectivity index (χ0n) is 10.3. The Morgan fingerprint density at radius 3 is 2.50 bits per heavy atom. The van der Waals surface area contributed by atoms with Crippen LogP contribution in [0.25, 0.3) is 10.8 Å². The Hall–Kier alpha value is -2.16. The summed E-state index contributed by atoms with van der Waals surface area (Å²) in [5, 5.41) is 5.06. The Morgan fingerprint density at radius 2 is 1.78 bits per heavy atom. The lowest BCUT2D eigenvalue weighted by atomic mass is 10.1. The fourth-order valence-corrected chi connectivity index (χ4v) is 1.84. The van der Waals surface area contributed by atoms with Gasteiger partial charge in [0.15, 0.2) is 0 Å². The molecular formula is C15H15NO2. The van der Waals surface area contributed by atoms with Crippen LogP contribution in [0.3, 0.4) is 0 Å². The summed E-state index contributed by atoms with van der Waals surface area (Å²) in [6.45, 7) is 1.87. The second-order valence-electron chi connectivity index (χ2n) is 4.34. The van der Waals surface area contributed by atoms with Crippen molar-refractivity contribution in [2.45, 2.75) is 19.9 Å². The van der Waals surface area contributed by atoms with Crippen molar-refractivity contribution in [2.75, 3.05) is 0 Å². The van der Waals surface area contributed by atoms with Gasteiger partial charge < -0.3 is 5.32 Å². The molecule has 0 saturated heterocycles. The van der Waals surface area contributed by atoms with Crippen LogP contribution in [0.2, 0.25) is 0 Å². The predicted molar refractivity (Wildman–Crippen MR) is 71.1 cm³/mol. The monoisotopic (exact) mass is 241 g/mol. The number of hydrogen-bond donors (Lipinski definition) is 1. The molecule has 2 aromatic rings. The number of Topliss-reactive ketones (excluding diaryl/α,β-unsaturated/α-hetero) is 1. The van der Waals surface area contributed by atoms with Crippen molar-refractivity contribution in [3.63, 3.8) is 0 Å². The molecule has 0 aliphatic carbocycles. The van der Waals surface area contributed by atoms with Crippen molar-refractivity contribution in [1.82, 2.24) is 5.32 Å². The average molecular weight is 241 g/mol. The Bertz CT molecular complexity index is 590. The number of benzene rings is 2. The van der Waals surface area contributed by atoms with E-state index in [4.69, 9.17) is 0 Å². The third-order valence-electron chi connectivity index (χ3n) is 2.71. The van der Waals surface area contributed by atoms with E-state index in [1.807, 2.05) is 42.5 Å². The Labute approximate surface area is 106 Å². The van der Waals surface area contributed by atoms with E-state index in [9.17, 15) is 9.59 Å². The number of hydrogen-bond acceptors (Lipinski definition) is 2. The van der Waals surface area contributed by atoms with E-state index < -0.39 is 0 Å². The maximum atomic E-state index is 11.4. The largest absolute Gasteiger partial charge is 0.352 e. The van der Waals surface area contributed by atoms with Crippen LogP contribution in [-0.2, 0) is 16.1 Å². The summed E-state index contributed by atoms with van der Waals surface area (Å²) < 4.78 is 0. The number of ketones is 1. The first-order chi connectivity index (χ1) is 8.65. The summed E-state index contributed by atoms with van der Waals surface area (Å²) in [5.41, 5.74) is 1.03. The fourth-order valence-electron chi connectivity index (χ4n) is 1.84. The van der Waals surface area contributed by atoms with Crippen molar-refractivity contribution < 1.29 is 9.59 Å². The van der Waals surface area contributed by atoms with Gasteiger partial charge in [-0.2, -0.15) is 0 Å². The summed E-state index contributed by atoms with van der Waals surface area (Å²) in [5.74, 6) is -0.346. The molecule has 0 atom stereocenters.